The van der Waals surface area contributed by atoms with Crippen LogP contribution in [0.5, 0.6) is 5.75 Å². The summed E-state index contributed by atoms with van der Waals surface area (Å²) in [6.45, 7) is 0. The van der Waals surface area contributed by atoms with Gasteiger partial charge in [0.1, 0.15) is 11.4 Å². The third-order valence-corrected chi connectivity index (χ3v) is 2.35. The van der Waals surface area contributed by atoms with E-state index >= 15 is 0 Å². The molecule has 96 valence electrons. The maximum atomic E-state index is 11.8. The predicted octanol–water partition coefficient (Wildman–Crippen LogP) is 1.74. The summed E-state index contributed by atoms with van der Waals surface area (Å²) in [4.78, 5) is 26.1. The van der Waals surface area contributed by atoms with Crippen LogP contribution in [0.3, 0.4) is 0 Å². The number of hydrogen-bond acceptors (Lipinski definition) is 4. The molecule has 0 fully saturated rings. The lowest BCUT2D eigenvalue weighted by molar-refractivity contribution is 0.0690. The number of phenolic OH excluding ortho intramolecular Hbond substituents is 1. The Hall–Kier alpha value is -2.89. The molecule has 0 aliphatic carbocycles. The Labute approximate surface area is 108 Å². The molecule has 1 aromatic heterocycles. The average Bonchev–Trinajstić information content (AvgIpc) is 2.39. The number of benzene rings is 1. The first-order chi connectivity index (χ1) is 9.06. The molecule has 1 amide bonds. The number of aromatic nitrogens is 1. The van der Waals surface area contributed by atoms with Gasteiger partial charge in [-0.1, -0.05) is 6.07 Å². The van der Waals surface area contributed by atoms with Crippen molar-refractivity contribution in [3.05, 3.63) is 53.9 Å². The third kappa shape index (κ3) is 3.06. The van der Waals surface area contributed by atoms with Gasteiger partial charge in [-0.3, -0.25) is 4.79 Å². The Kier molecular flexibility index (Phi) is 3.42. The molecule has 0 aliphatic rings. The molecule has 6 heteroatoms. The Morgan fingerprint density at radius 1 is 1.16 bits per heavy atom. The smallest absolute Gasteiger partial charge is 0.354 e. The monoisotopic (exact) mass is 258 g/mol. The highest BCUT2D eigenvalue weighted by atomic mass is 16.4. The number of nitrogens with zero attached hydrogens (tertiary/aromatic N) is 1. The SMILES string of the molecule is O=C(Nc1ccc(C(=O)O)nc1)c1cccc(O)c1. The van der Waals surface area contributed by atoms with E-state index in [9.17, 15) is 14.7 Å². The van der Waals surface area contributed by atoms with Crippen LogP contribution in [-0.2, 0) is 0 Å². The summed E-state index contributed by atoms with van der Waals surface area (Å²) in [5.74, 6) is -1.56. The van der Waals surface area contributed by atoms with Crippen LogP contribution < -0.4 is 5.32 Å². The Morgan fingerprint density at radius 3 is 2.53 bits per heavy atom. The zero-order chi connectivity index (χ0) is 13.8. The van der Waals surface area contributed by atoms with Gasteiger partial charge in [0.05, 0.1) is 11.9 Å². The summed E-state index contributed by atoms with van der Waals surface area (Å²) in [7, 11) is 0. The lowest BCUT2D eigenvalue weighted by Gasteiger charge is -2.05. The number of aromatic carboxylic acids is 1. The zero-order valence-electron chi connectivity index (χ0n) is 9.70. The molecule has 0 aliphatic heterocycles. The van der Waals surface area contributed by atoms with Crippen molar-refractivity contribution in [1.82, 2.24) is 4.98 Å². The minimum Gasteiger partial charge on any atom is -0.508 e. The first-order valence-corrected chi connectivity index (χ1v) is 5.36. The lowest BCUT2D eigenvalue weighted by Crippen LogP contribution is -2.12. The Morgan fingerprint density at radius 2 is 1.95 bits per heavy atom. The maximum Gasteiger partial charge on any atom is 0.354 e. The number of anilines is 1. The van der Waals surface area contributed by atoms with E-state index < -0.39 is 11.9 Å². The van der Waals surface area contributed by atoms with E-state index in [0.717, 1.165) is 0 Å². The molecule has 0 saturated carbocycles. The molecule has 0 radical (unpaired) electrons. The van der Waals surface area contributed by atoms with Crippen LogP contribution in [0.1, 0.15) is 20.8 Å². The normalized spacial score (nSPS) is 9.89. The second-order valence-electron chi connectivity index (χ2n) is 3.74. The number of carboxylic acid groups (broad SMARTS) is 1. The number of carboxylic acids is 1. The van der Waals surface area contributed by atoms with Crippen LogP contribution in [0.15, 0.2) is 42.6 Å². The molecule has 0 saturated heterocycles. The van der Waals surface area contributed by atoms with Crippen LogP contribution in [0.2, 0.25) is 0 Å². The van der Waals surface area contributed by atoms with Crippen molar-refractivity contribution in [1.29, 1.82) is 0 Å². The molecule has 2 rings (SSSR count). The molecule has 1 heterocycles. The highest BCUT2D eigenvalue weighted by Gasteiger charge is 2.08. The highest BCUT2D eigenvalue weighted by molar-refractivity contribution is 6.04. The van der Waals surface area contributed by atoms with E-state index in [1.54, 1.807) is 12.1 Å². The van der Waals surface area contributed by atoms with Crippen LogP contribution in [0.25, 0.3) is 0 Å². The Balaban J connectivity index is 2.13. The van der Waals surface area contributed by atoms with E-state index in [2.05, 4.69) is 10.3 Å². The number of rotatable bonds is 3. The van der Waals surface area contributed by atoms with Gasteiger partial charge in [-0.25, -0.2) is 9.78 Å². The second-order valence-corrected chi connectivity index (χ2v) is 3.74. The fourth-order valence-electron chi connectivity index (χ4n) is 1.44. The van der Waals surface area contributed by atoms with Crippen molar-refractivity contribution >= 4 is 17.6 Å². The summed E-state index contributed by atoms with van der Waals surface area (Å²) in [6, 6.07) is 8.62. The summed E-state index contributed by atoms with van der Waals surface area (Å²) in [5.41, 5.74) is 0.566. The van der Waals surface area contributed by atoms with Gasteiger partial charge < -0.3 is 15.5 Å². The van der Waals surface area contributed by atoms with Crippen LogP contribution in [0, 0.1) is 0 Å². The number of carbonyl (C=O) groups is 2. The van der Waals surface area contributed by atoms with Crippen LogP contribution in [-0.4, -0.2) is 27.1 Å². The van der Waals surface area contributed by atoms with E-state index in [1.807, 2.05) is 0 Å². The number of carbonyl (C=O) groups excluding carboxylic acids is 1. The molecular formula is C13H10N2O4. The van der Waals surface area contributed by atoms with Gasteiger partial charge in [0.25, 0.3) is 5.91 Å². The Bertz CT molecular complexity index is 623. The molecule has 1 aromatic carbocycles. The average molecular weight is 258 g/mol. The van der Waals surface area contributed by atoms with E-state index in [1.165, 1.54) is 30.5 Å². The van der Waals surface area contributed by atoms with E-state index in [0.29, 0.717) is 11.3 Å². The summed E-state index contributed by atoms with van der Waals surface area (Å²) >= 11 is 0. The lowest BCUT2D eigenvalue weighted by atomic mass is 10.2. The van der Waals surface area contributed by atoms with E-state index in [-0.39, 0.29) is 11.4 Å². The van der Waals surface area contributed by atoms with Gasteiger partial charge in [-0.05, 0) is 30.3 Å². The number of phenols is 1. The molecule has 3 N–H and O–H groups in total. The van der Waals surface area contributed by atoms with Gasteiger partial charge in [0.15, 0.2) is 0 Å². The van der Waals surface area contributed by atoms with Crippen molar-refractivity contribution in [3.8, 4) is 5.75 Å². The topological polar surface area (TPSA) is 99.5 Å². The van der Waals surface area contributed by atoms with Gasteiger partial charge in [-0.2, -0.15) is 0 Å². The quantitative estimate of drug-likeness (QED) is 0.778. The molecule has 19 heavy (non-hydrogen) atoms. The van der Waals surface area contributed by atoms with Crippen LogP contribution >= 0.6 is 0 Å². The summed E-state index contributed by atoms with van der Waals surface area (Å²) in [6.07, 6.45) is 1.25. The molecule has 0 atom stereocenters. The van der Waals surface area contributed by atoms with Gasteiger partial charge in [-0.15, -0.1) is 0 Å². The fourth-order valence-corrected chi connectivity index (χ4v) is 1.44. The second kappa shape index (κ2) is 5.18. The van der Waals surface area contributed by atoms with Gasteiger partial charge in [0.2, 0.25) is 0 Å². The van der Waals surface area contributed by atoms with E-state index in [4.69, 9.17) is 5.11 Å². The van der Waals surface area contributed by atoms with Gasteiger partial charge >= 0.3 is 5.97 Å². The fraction of sp³-hybridized carbons (Fsp3) is 0. The number of nitrogens with one attached hydrogen (secondary N) is 1. The van der Waals surface area contributed by atoms with Crippen molar-refractivity contribution in [2.45, 2.75) is 0 Å². The largest absolute Gasteiger partial charge is 0.508 e. The summed E-state index contributed by atoms with van der Waals surface area (Å²) in [5, 5.41) is 20.5. The highest BCUT2D eigenvalue weighted by Crippen LogP contribution is 2.13. The number of amides is 1. The standard InChI is InChI=1S/C13H10N2O4/c16-10-3-1-2-8(6-10)12(17)15-9-4-5-11(13(18)19)14-7-9/h1-7,16H,(H,15,17)(H,18,19). The minimum absolute atomic E-state index is 0.00741. The van der Waals surface area contributed by atoms with Gasteiger partial charge in [0, 0.05) is 5.56 Å². The molecule has 2 aromatic rings. The van der Waals surface area contributed by atoms with Crippen molar-refractivity contribution < 1.29 is 19.8 Å². The maximum absolute atomic E-state index is 11.8. The molecule has 0 unspecified atom stereocenters. The molecule has 0 bridgehead atoms. The summed E-state index contributed by atoms with van der Waals surface area (Å²) < 4.78 is 0. The molecule has 6 nitrogen and oxygen atoms in total. The van der Waals surface area contributed by atoms with Crippen molar-refractivity contribution in [2.24, 2.45) is 0 Å². The predicted molar refractivity (Wildman–Crippen MR) is 67.3 cm³/mol. The van der Waals surface area contributed by atoms with Crippen LogP contribution in [0.4, 0.5) is 5.69 Å². The minimum atomic E-state index is -1.13. The molecule has 0 spiro atoms. The van der Waals surface area contributed by atoms with Crippen molar-refractivity contribution in [2.75, 3.05) is 5.32 Å². The molecular weight excluding hydrogens is 248 g/mol. The first kappa shape index (κ1) is 12.6. The number of hydrogen-bond donors (Lipinski definition) is 3. The third-order valence-electron chi connectivity index (χ3n) is 2.35. The number of aromatic hydroxyl groups is 1. The first-order valence-electron chi connectivity index (χ1n) is 5.36. The zero-order valence-corrected chi connectivity index (χ0v) is 9.70. The number of pyridine rings is 1. The van der Waals surface area contributed by atoms with Crippen molar-refractivity contribution in [3.63, 3.8) is 0 Å².